The fraction of sp³-hybridized carbons (Fsp3) is 0.942. The molecule has 0 aromatic carbocycles. The summed E-state index contributed by atoms with van der Waals surface area (Å²) < 4.78 is 17.6. The van der Waals surface area contributed by atoms with E-state index in [0.29, 0.717) is 19.6 Å². The second-order valence-corrected chi connectivity index (χ2v) is 19.8. The molecular weight excluding hydrogens is 735 g/mol. The third kappa shape index (κ3) is 34.6. The maximum Gasteiger partial charge on any atom is 0.311 e. The van der Waals surface area contributed by atoms with E-state index >= 15 is 0 Å². The van der Waals surface area contributed by atoms with Crippen molar-refractivity contribution < 1.29 is 28.6 Å². The Morgan fingerprint density at radius 1 is 0.458 bits per heavy atom. The van der Waals surface area contributed by atoms with E-state index in [1.165, 1.54) is 116 Å². The average Bonchev–Trinajstić information content (AvgIpc) is 3.19. The van der Waals surface area contributed by atoms with Crippen molar-refractivity contribution in [1.29, 1.82) is 0 Å². The Hall–Kier alpha value is -1.63. The van der Waals surface area contributed by atoms with Crippen molar-refractivity contribution in [3.63, 3.8) is 0 Å². The van der Waals surface area contributed by atoms with Gasteiger partial charge >= 0.3 is 17.9 Å². The topological polar surface area (TPSA) is 82.1 Å². The first-order valence-corrected chi connectivity index (χ1v) is 25.5. The molecule has 0 rings (SSSR count). The molecule has 350 valence electrons. The largest absolute Gasteiger partial charge is 0.465 e. The summed E-state index contributed by atoms with van der Waals surface area (Å²) in [6.45, 7) is 16.8. The molecule has 2 atom stereocenters. The Kier molecular flexibility index (Phi) is 37.0. The predicted octanol–water partition coefficient (Wildman–Crippen LogP) is 15.1. The normalized spacial score (nSPS) is 13.1. The van der Waals surface area contributed by atoms with Gasteiger partial charge in [-0.2, -0.15) is 0 Å². The number of ether oxygens (including phenoxy) is 3. The van der Waals surface area contributed by atoms with Crippen molar-refractivity contribution in [3.8, 4) is 0 Å². The van der Waals surface area contributed by atoms with Gasteiger partial charge in [-0.05, 0) is 118 Å². The quantitative estimate of drug-likeness (QED) is 0.0344. The molecular formula is C52H101NO6. The van der Waals surface area contributed by atoms with Crippen molar-refractivity contribution in [2.24, 2.45) is 16.7 Å². The van der Waals surface area contributed by atoms with Crippen LogP contribution in [0.5, 0.6) is 0 Å². The van der Waals surface area contributed by atoms with Crippen molar-refractivity contribution in [1.82, 2.24) is 4.90 Å². The molecule has 0 saturated carbocycles. The summed E-state index contributed by atoms with van der Waals surface area (Å²) in [5.41, 5.74) is -0.979. The SMILES string of the molecule is CCCCCCCCCOC(=O)C(C)(C)CCCCCC(CCCCCC(C)(C)C(=O)OCCCC(CCCCCC)CCCCCCCC)OC(=O)CCCN(C)C. The van der Waals surface area contributed by atoms with Crippen molar-refractivity contribution >= 4 is 17.9 Å². The monoisotopic (exact) mass is 836 g/mol. The summed E-state index contributed by atoms with van der Waals surface area (Å²) in [6.07, 6.45) is 36.9. The minimum atomic E-state index is -0.496. The fourth-order valence-electron chi connectivity index (χ4n) is 8.14. The Labute approximate surface area is 367 Å². The van der Waals surface area contributed by atoms with Gasteiger partial charge in [0, 0.05) is 6.42 Å². The minimum absolute atomic E-state index is 0.0675. The zero-order chi connectivity index (χ0) is 44.0. The Bertz CT molecular complexity index is 994. The number of carbonyl (C=O) groups is 3. The Morgan fingerprint density at radius 2 is 0.831 bits per heavy atom. The van der Waals surface area contributed by atoms with Crippen LogP contribution < -0.4 is 0 Å². The molecule has 0 aliphatic rings. The Morgan fingerprint density at radius 3 is 1.31 bits per heavy atom. The average molecular weight is 836 g/mol. The van der Waals surface area contributed by atoms with Crippen LogP contribution in [0.1, 0.15) is 260 Å². The molecule has 0 aromatic rings. The third-order valence-corrected chi connectivity index (χ3v) is 12.4. The summed E-state index contributed by atoms with van der Waals surface area (Å²) >= 11 is 0. The van der Waals surface area contributed by atoms with Gasteiger partial charge in [-0.25, -0.2) is 0 Å². The number of unbranched alkanes of at least 4 members (excludes halogenated alkanes) is 18. The van der Waals surface area contributed by atoms with Crippen LogP contribution in [0.4, 0.5) is 0 Å². The van der Waals surface area contributed by atoms with Crippen LogP contribution in [-0.4, -0.2) is 62.8 Å². The summed E-state index contributed by atoms with van der Waals surface area (Å²) in [5, 5.41) is 0. The fourth-order valence-corrected chi connectivity index (χ4v) is 8.14. The maximum atomic E-state index is 13.1. The lowest BCUT2D eigenvalue weighted by molar-refractivity contribution is -0.155. The number of carbonyl (C=O) groups excluding carboxylic acids is 3. The molecule has 7 heteroatoms. The molecule has 0 aliphatic carbocycles. The molecule has 0 amide bonds. The van der Waals surface area contributed by atoms with E-state index in [2.05, 4.69) is 25.7 Å². The zero-order valence-electron chi connectivity index (χ0n) is 41.0. The van der Waals surface area contributed by atoms with Crippen LogP contribution >= 0.6 is 0 Å². The van der Waals surface area contributed by atoms with Crippen LogP contribution in [0.3, 0.4) is 0 Å². The van der Waals surface area contributed by atoms with Crippen LogP contribution in [0.2, 0.25) is 0 Å². The first kappa shape index (κ1) is 57.4. The second kappa shape index (κ2) is 38.1. The highest BCUT2D eigenvalue weighted by molar-refractivity contribution is 5.76. The van der Waals surface area contributed by atoms with Gasteiger partial charge in [-0.1, -0.05) is 162 Å². The molecule has 0 spiro atoms. The highest BCUT2D eigenvalue weighted by Gasteiger charge is 2.30. The number of nitrogens with zero attached hydrogens (tertiary/aromatic N) is 1. The minimum Gasteiger partial charge on any atom is -0.465 e. The number of hydrogen-bond acceptors (Lipinski definition) is 7. The van der Waals surface area contributed by atoms with Gasteiger partial charge in [-0.3, -0.25) is 14.4 Å². The first-order valence-electron chi connectivity index (χ1n) is 25.5. The molecule has 2 unspecified atom stereocenters. The van der Waals surface area contributed by atoms with Gasteiger partial charge in [0.15, 0.2) is 0 Å². The summed E-state index contributed by atoms with van der Waals surface area (Å²) in [4.78, 5) is 40.8. The maximum absolute atomic E-state index is 13.1. The lowest BCUT2D eigenvalue weighted by atomic mass is 9.86. The van der Waals surface area contributed by atoms with Gasteiger partial charge < -0.3 is 19.1 Å². The lowest BCUT2D eigenvalue weighted by Gasteiger charge is -2.24. The number of hydrogen-bond donors (Lipinski definition) is 0. The lowest BCUT2D eigenvalue weighted by Crippen LogP contribution is -2.27. The Balaban J connectivity index is 4.69. The standard InChI is InChI=1S/C52H101NO6/c1-10-13-16-19-21-23-32-44-57-49(55)51(4,5)41-30-24-28-38-47(59-48(54)40-33-43-53(8)9)39-29-25-31-42-52(6,7)50(56)58-45-34-37-46(35-26-18-15-12-3)36-27-22-20-17-14-11-2/h46-47H,10-45H2,1-9H3. The highest BCUT2D eigenvalue weighted by Crippen LogP contribution is 2.29. The smallest absolute Gasteiger partial charge is 0.311 e. The molecule has 0 radical (unpaired) electrons. The van der Waals surface area contributed by atoms with E-state index in [9.17, 15) is 14.4 Å². The van der Waals surface area contributed by atoms with Gasteiger partial charge in [-0.15, -0.1) is 0 Å². The van der Waals surface area contributed by atoms with Crippen molar-refractivity contribution in [2.75, 3.05) is 33.9 Å². The van der Waals surface area contributed by atoms with Crippen LogP contribution in [-0.2, 0) is 28.6 Å². The van der Waals surface area contributed by atoms with E-state index in [1.807, 2.05) is 41.8 Å². The van der Waals surface area contributed by atoms with Gasteiger partial charge in [0.1, 0.15) is 6.10 Å². The summed E-state index contributed by atoms with van der Waals surface area (Å²) in [6, 6.07) is 0. The number of rotatable bonds is 43. The van der Waals surface area contributed by atoms with Gasteiger partial charge in [0.25, 0.3) is 0 Å². The molecule has 0 aliphatic heterocycles. The predicted molar refractivity (Wildman–Crippen MR) is 251 cm³/mol. The van der Waals surface area contributed by atoms with Crippen molar-refractivity contribution in [2.45, 2.75) is 266 Å². The number of esters is 3. The molecule has 0 fully saturated rings. The summed E-state index contributed by atoms with van der Waals surface area (Å²) in [5.74, 6) is 0.510. The van der Waals surface area contributed by atoms with E-state index in [4.69, 9.17) is 14.2 Å². The molecule has 59 heavy (non-hydrogen) atoms. The third-order valence-electron chi connectivity index (χ3n) is 12.4. The van der Waals surface area contributed by atoms with E-state index in [1.54, 1.807) is 0 Å². The van der Waals surface area contributed by atoms with Crippen LogP contribution in [0.25, 0.3) is 0 Å². The molecule has 0 N–H and O–H groups in total. The molecule has 7 nitrogen and oxygen atoms in total. The van der Waals surface area contributed by atoms with Gasteiger partial charge in [0.05, 0.1) is 24.0 Å². The highest BCUT2D eigenvalue weighted by atomic mass is 16.5. The van der Waals surface area contributed by atoms with E-state index in [-0.39, 0.29) is 24.0 Å². The van der Waals surface area contributed by atoms with Gasteiger partial charge in [0.2, 0.25) is 0 Å². The molecule has 0 bridgehead atoms. The first-order chi connectivity index (χ1) is 28.3. The van der Waals surface area contributed by atoms with E-state index in [0.717, 1.165) is 102 Å². The molecule has 0 aromatic heterocycles. The molecule has 0 saturated heterocycles. The second-order valence-electron chi connectivity index (χ2n) is 19.8. The van der Waals surface area contributed by atoms with Crippen molar-refractivity contribution in [3.05, 3.63) is 0 Å². The summed E-state index contributed by atoms with van der Waals surface area (Å²) in [7, 11) is 4.05. The zero-order valence-corrected chi connectivity index (χ0v) is 41.0. The van der Waals surface area contributed by atoms with Crippen LogP contribution in [0, 0.1) is 16.7 Å². The van der Waals surface area contributed by atoms with Crippen LogP contribution in [0.15, 0.2) is 0 Å². The molecule has 0 heterocycles. The van der Waals surface area contributed by atoms with E-state index < -0.39 is 10.8 Å².